The molecule has 1 rings (SSSR count). The van der Waals surface area contributed by atoms with Gasteiger partial charge in [-0.25, -0.2) is 8.78 Å². The molecule has 0 spiro atoms. The Balaban J connectivity index is 2.34. The minimum Gasteiger partial charge on any atom is -0.390 e. The van der Waals surface area contributed by atoms with Crippen LogP contribution in [0.1, 0.15) is 24.7 Å². The molecule has 0 aliphatic carbocycles. The highest BCUT2D eigenvalue weighted by Crippen LogP contribution is 2.21. The van der Waals surface area contributed by atoms with Crippen LogP contribution in [0.2, 0.25) is 0 Å². The number of alkyl halides is 2. The fraction of sp³-hybridized carbons (Fsp3) is 0.700. The number of nitrogens with zero attached hydrogens (tertiary/aromatic N) is 1. The van der Waals surface area contributed by atoms with E-state index in [1.807, 2.05) is 6.92 Å². The Morgan fingerprint density at radius 2 is 2.24 bits per heavy atom. The molecule has 0 bridgehead atoms. The number of halogens is 3. The summed E-state index contributed by atoms with van der Waals surface area (Å²) in [7, 11) is 0. The van der Waals surface area contributed by atoms with Gasteiger partial charge in [-0.15, -0.1) is 0 Å². The second-order valence-corrected chi connectivity index (χ2v) is 4.43. The Bertz CT molecular complexity index is 358. The van der Waals surface area contributed by atoms with Crippen molar-refractivity contribution in [2.24, 2.45) is 0 Å². The summed E-state index contributed by atoms with van der Waals surface area (Å²) in [6.45, 7) is 0.896. The number of aryl methyl sites for hydroxylation is 1. The lowest BCUT2D eigenvalue weighted by molar-refractivity contribution is -0.0740. The van der Waals surface area contributed by atoms with Crippen molar-refractivity contribution in [1.82, 2.24) is 10.2 Å². The van der Waals surface area contributed by atoms with Crippen LogP contribution < -0.4 is 0 Å². The topological polar surface area (TPSA) is 58.1 Å². The maximum Gasteiger partial charge on any atom is 0.272 e. The van der Waals surface area contributed by atoms with E-state index in [-0.39, 0.29) is 13.2 Å². The van der Waals surface area contributed by atoms with Crippen LogP contribution in [0.4, 0.5) is 8.78 Å². The molecule has 0 unspecified atom stereocenters. The summed E-state index contributed by atoms with van der Waals surface area (Å²) < 4.78 is 31.2. The number of aromatic amines is 1. The summed E-state index contributed by atoms with van der Waals surface area (Å²) in [6, 6.07) is 0. The highest BCUT2D eigenvalue weighted by molar-refractivity contribution is 9.10. The van der Waals surface area contributed by atoms with E-state index in [2.05, 4.69) is 26.1 Å². The van der Waals surface area contributed by atoms with E-state index in [1.165, 1.54) is 0 Å². The van der Waals surface area contributed by atoms with E-state index >= 15 is 0 Å². The molecule has 17 heavy (non-hydrogen) atoms. The number of nitrogens with one attached hydrogen (secondary N) is 1. The normalized spacial score (nSPS) is 12.1. The summed E-state index contributed by atoms with van der Waals surface area (Å²) in [5.74, 6) is -3.07. The lowest BCUT2D eigenvalue weighted by Gasteiger charge is -2.12. The molecule has 0 aliphatic rings. The van der Waals surface area contributed by atoms with Gasteiger partial charge < -0.3 is 9.84 Å². The van der Waals surface area contributed by atoms with Gasteiger partial charge >= 0.3 is 0 Å². The Labute approximate surface area is 106 Å². The molecule has 0 amide bonds. The van der Waals surface area contributed by atoms with Crippen LogP contribution in [0.15, 0.2) is 4.47 Å². The van der Waals surface area contributed by atoms with E-state index in [4.69, 9.17) is 9.84 Å². The quantitative estimate of drug-likeness (QED) is 0.759. The second kappa shape index (κ2) is 6.42. The van der Waals surface area contributed by atoms with Crippen LogP contribution in [0.5, 0.6) is 0 Å². The Morgan fingerprint density at radius 3 is 2.76 bits per heavy atom. The van der Waals surface area contributed by atoms with Gasteiger partial charge in [-0.2, -0.15) is 5.10 Å². The molecule has 7 heteroatoms. The van der Waals surface area contributed by atoms with Crippen LogP contribution in [0.3, 0.4) is 0 Å². The zero-order chi connectivity index (χ0) is 12.9. The molecule has 4 nitrogen and oxygen atoms in total. The first-order chi connectivity index (χ1) is 8.00. The fourth-order valence-corrected chi connectivity index (χ4v) is 1.78. The van der Waals surface area contributed by atoms with Gasteiger partial charge in [0.2, 0.25) is 0 Å². The van der Waals surface area contributed by atoms with Crippen LogP contribution in [0.25, 0.3) is 0 Å². The van der Waals surface area contributed by atoms with Gasteiger partial charge in [0.25, 0.3) is 5.92 Å². The second-order valence-electron chi connectivity index (χ2n) is 3.63. The molecule has 0 saturated heterocycles. The minimum atomic E-state index is -3.07. The third-order valence-electron chi connectivity index (χ3n) is 2.27. The van der Waals surface area contributed by atoms with Crippen molar-refractivity contribution >= 4 is 15.9 Å². The summed E-state index contributed by atoms with van der Waals surface area (Å²) in [4.78, 5) is 0. The molecule has 0 fully saturated rings. The summed E-state index contributed by atoms with van der Waals surface area (Å²) >= 11 is 3.35. The van der Waals surface area contributed by atoms with Crippen molar-refractivity contribution in [2.45, 2.75) is 32.3 Å². The van der Waals surface area contributed by atoms with Crippen molar-refractivity contribution in [2.75, 3.05) is 13.2 Å². The third-order valence-corrected chi connectivity index (χ3v) is 3.21. The SMILES string of the molecule is CCc1n[nH]c(COCCC(F)(F)CO)c1Br. The van der Waals surface area contributed by atoms with E-state index < -0.39 is 19.0 Å². The van der Waals surface area contributed by atoms with E-state index in [0.717, 1.165) is 22.3 Å². The van der Waals surface area contributed by atoms with E-state index in [9.17, 15) is 8.78 Å². The molecule has 0 aromatic carbocycles. The number of H-pyrrole nitrogens is 1. The van der Waals surface area contributed by atoms with E-state index in [1.54, 1.807) is 0 Å². The molecule has 0 atom stereocenters. The van der Waals surface area contributed by atoms with Crippen LogP contribution in [0, 0.1) is 0 Å². The number of aliphatic hydroxyl groups is 1. The zero-order valence-electron chi connectivity index (χ0n) is 9.47. The average molecular weight is 313 g/mol. The van der Waals surface area contributed by atoms with Gasteiger partial charge in [-0.3, -0.25) is 5.10 Å². The van der Waals surface area contributed by atoms with Gasteiger partial charge in [-0.1, -0.05) is 6.92 Å². The summed E-state index contributed by atoms with van der Waals surface area (Å²) in [5, 5.41) is 15.2. The number of hydrogen-bond acceptors (Lipinski definition) is 3. The highest BCUT2D eigenvalue weighted by Gasteiger charge is 2.27. The molecule has 98 valence electrons. The number of rotatable bonds is 7. The molecule has 1 heterocycles. The molecule has 0 radical (unpaired) electrons. The van der Waals surface area contributed by atoms with Gasteiger partial charge in [0.05, 0.1) is 29.1 Å². The highest BCUT2D eigenvalue weighted by atomic mass is 79.9. The van der Waals surface area contributed by atoms with Gasteiger partial charge in [0, 0.05) is 6.42 Å². The summed E-state index contributed by atoms with van der Waals surface area (Å²) in [6.07, 6.45) is 0.287. The standard InChI is InChI=1S/C10H15BrF2N2O2/c1-2-7-9(11)8(15-14-7)5-17-4-3-10(12,13)6-16/h16H,2-6H2,1H3,(H,14,15). The van der Waals surface area contributed by atoms with Crippen LogP contribution in [-0.4, -0.2) is 34.4 Å². The number of aromatic nitrogens is 2. The maximum atomic E-state index is 12.7. The summed E-state index contributed by atoms with van der Waals surface area (Å²) in [5.41, 5.74) is 1.61. The molecule has 0 aliphatic heterocycles. The first kappa shape index (κ1) is 14.5. The van der Waals surface area contributed by atoms with Crippen molar-refractivity contribution in [3.63, 3.8) is 0 Å². The first-order valence-corrected chi connectivity index (χ1v) is 6.07. The van der Waals surface area contributed by atoms with E-state index in [0.29, 0.717) is 0 Å². The Hall–Kier alpha value is -0.530. The minimum absolute atomic E-state index is 0.111. The van der Waals surface area contributed by atoms with Crippen molar-refractivity contribution in [3.05, 3.63) is 15.9 Å². The molecule has 1 aromatic rings. The molecular formula is C10H15BrF2N2O2. The van der Waals surface area contributed by atoms with Gasteiger partial charge in [0.15, 0.2) is 0 Å². The predicted octanol–water partition coefficient (Wildman–Crippen LogP) is 2.27. The predicted molar refractivity (Wildman–Crippen MR) is 62.0 cm³/mol. The van der Waals surface area contributed by atoms with Crippen molar-refractivity contribution in [1.29, 1.82) is 0 Å². The first-order valence-electron chi connectivity index (χ1n) is 5.28. The lowest BCUT2D eigenvalue weighted by Crippen LogP contribution is -2.23. The fourth-order valence-electron chi connectivity index (χ4n) is 1.21. The number of aliphatic hydroxyl groups excluding tert-OH is 1. The molecule has 2 N–H and O–H groups in total. The largest absolute Gasteiger partial charge is 0.390 e. The Morgan fingerprint density at radius 1 is 1.53 bits per heavy atom. The van der Waals surface area contributed by atoms with Gasteiger partial charge in [-0.05, 0) is 22.4 Å². The average Bonchev–Trinajstić information content (AvgIpc) is 2.66. The molecule has 0 saturated carbocycles. The maximum absolute atomic E-state index is 12.7. The van der Waals surface area contributed by atoms with Crippen molar-refractivity contribution < 1.29 is 18.6 Å². The number of hydrogen-bond donors (Lipinski definition) is 2. The molecule has 1 aromatic heterocycles. The monoisotopic (exact) mass is 312 g/mol. The smallest absolute Gasteiger partial charge is 0.272 e. The molecular weight excluding hydrogens is 298 g/mol. The van der Waals surface area contributed by atoms with Crippen molar-refractivity contribution in [3.8, 4) is 0 Å². The van der Waals surface area contributed by atoms with Crippen LogP contribution in [-0.2, 0) is 17.8 Å². The number of ether oxygens (including phenoxy) is 1. The van der Waals surface area contributed by atoms with Gasteiger partial charge in [0.1, 0.15) is 6.61 Å². The zero-order valence-corrected chi connectivity index (χ0v) is 11.1. The lowest BCUT2D eigenvalue weighted by atomic mass is 10.2. The van der Waals surface area contributed by atoms with Crippen LogP contribution >= 0.6 is 15.9 Å². The Kier molecular flexibility index (Phi) is 5.48. The third kappa shape index (κ3) is 4.33.